The van der Waals surface area contributed by atoms with Crippen LogP contribution < -0.4 is 9.64 Å². The molecule has 0 unspecified atom stereocenters. The molecule has 1 aliphatic rings. The molecule has 2 aromatic rings. The normalized spacial score (nSPS) is 16.0. The topological polar surface area (TPSA) is 41.5 Å². The van der Waals surface area contributed by atoms with Gasteiger partial charge in [0.05, 0.1) is 0 Å². The van der Waals surface area contributed by atoms with Crippen LogP contribution in [0.2, 0.25) is 0 Å². The third-order valence-corrected chi connectivity index (χ3v) is 3.49. The number of benzene rings is 1. The van der Waals surface area contributed by atoms with E-state index in [1.807, 2.05) is 6.07 Å². The van der Waals surface area contributed by atoms with Gasteiger partial charge in [0, 0.05) is 32.2 Å². The van der Waals surface area contributed by atoms with Crippen LogP contribution in [0.5, 0.6) is 11.6 Å². The summed E-state index contributed by atoms with van der Waals surface area (Å²) in [7, 11) is 2.11. The molecule has 1 saturated heterocycles. The minimum Gasteiger partial charge on any atom is -0.439 e. The summed E-state index contributed by atoms with van der Waals surface area (Å²) < 4.78 is 18.5. The zero-order chi connectivity index (χ0) is 14.7. The van der Waals surface area contributed by atoms with Crippen LogP contribution in [0.15, 0.2) is 36.7 Å². The van der Waals surface area contributed by atoms with Gasteiger partial charge in [0.25, 0.3) is 0 Å². The van der Waals surface area contributed by atoms with Gasteiger partial charge < -0.3 is 14.5 Å². The van der Waals surface area contributed by atoms with Crippen molar-refractivity contribution in [1.29, 1.82) is 0 Å². The maximum Gasteiger partial charge on any atom is 0.224 e. The first-order chi connectivity index (χ1) is 10.2. The molecule has 6 heteroatoms. The lowest BCUT2D eigenvalue weighted by atomic mass is 10.3. The van der Waals surface area contributed by atoms with E-state index < -0.39 is 0 Å². The Morgan fingerprint density at radius 3 is 2.48 bits per heavy atom. The summed E-state index contributed by atoms with van der Waals surface area (Å²) in [6.07, 6.45) is 1.49. The molecule has 1 aromatic carbocycles. The molecule has 21 heavy (non-hydrogen) atoms. The minimum atomic E-state index is -0.289. The molecule has 0 N–H and O–H groups in total. The number of rotatable bonds is 3. The van der Waals surface area contributed by atoms with Crippen molar-refractivity contribution in [2.45, 2.75) is 0 Å². The summed E-state index contributed by atoms with van der Waals surface area (Å²) in [6.45, 7) is 3.89. The molecular weight excluding hydrogens is 271 g/mol. The Labute approximate surface area is 123 Å². The lowest BCUT2D eigenvalue weighted by molar-refractivity contribution is 0.312. The van der Waals surface area contributed by atoms with E-state index in [4.69, 9.17) is 4.74 Å². The van der Waals surface area contributed by atoms with Gasteiger partial charge in [0.2, 0.25) is 5.88 Å². The van der Waals surface area contributed by atoms with Crippen molar-refractivity contribution in [2.75, 3.05) is 38.1 Å². The molecule has 0 amide bonds. The number of hydrogen-bond donors (Lipinski definition) is 0. The predicted molar refractivity (Wildman–Crippen MR) is 78.2 cm³/mol. The fourth-order valence-corrected chi connectivity index (χ4v) is 2.22. The molecule has 1 fully saturated rings. The van der Waals surface area contributed by atoms with Crippen molar-refractivity contribution in [1.82, 2.24) is 14.9 Å². The van der Waals surface area contributed by atoms with Crippen LogP contribution in [0.3, 0.4) is 0 Å². The Balaban J connectivity index is 1.72. The number of piperazine rings is 1. The van der Waals surface area contributed by atoms with E-state index in [2.05, 4.69) is 26.8 Å². The van der Waals surface area contributed by atoms with Gasteiger partial charge in [-0.1, -0.05) is 0 Å². The van der Waals surface area contributed by atoms with E-state index in [0.717, 1.165) is 32.0 Å². The number of anilines is 1. The van der Waals surface area contributed by atoms with Crippen molar-refractivity contribution < 1.29 is 9.13 Å². The second-order valence-electron chi connectivity index (χ2n) is 5.06. The summed E-state index contributed by atoms with van der Waals surface area (Å²) in [5, 5.41) is 0. The van der Waals surface area contributed by atoms with Gasteiger partial charge >= 0.3 is 0 Å². The number of hydrogen-bond acceptors (Lipinski definition) is 5. The van der Waals surface area contributed by atoms with Crippen LogP contribution in [-0.4, -0.2) is 48.1 Å². The first-order valence-corrected chi connectivity index (χ1v) is 6.90. The van der Waals surface area contributed by atoms with Gasteiger partial charge in [-0.05, 0) is 31.3 Å². The van der Waals surface area contributed by atoms with Crippen molar-refractivity contribution in [3.63, 3.8) is 0 Å². The molecule has 0 aliphatic carbocycles. The van der Waals surface area contributed by atoms with Crippen LogP contribution in [-0.2, 0) is 0 Å². The van der Waals surface area contributed by atoms with Crippen LogP contribution >= 0.6 is 0 Å². The number of ether oxygens (including phenoxy) is 1. The zero-order valence-corrected chi connectivity index (χ0v) is 11.9. The SMILES string of the molecule is CN1CCN(c2cc(Oc3ccc(F)cc3)ncn2)CC1. The second-order valence-corrected chi connectivity index (χ2v) is 5.06. The summed E-state index contributed by atoms with van der Waals surface area (Å²) in [5.41, 5.74) is 0. The van der Waals surface area contributed by atoms with Crippen molar-refractivity contribution >= 4 is 5.82 Å². The quantitative estimate of drug-likeness (QED) is 0.865. The average molecular weight is 288 g/mol. The Kier molecular flexibility index (Phi) is 3.96. The molecule has 2 heterocycles. The summed E-state index contributed by atoms with van der Waals surface area (Å²) in [4.78, 5) is 12.9. The van der Waals surface area contributed by atoms with E-state index in [0.29, 0.717) is 11.6 Å². The van der Waals surface area contributed by atoms with Gasteiger partial charge in [-0.25, -0.2) is 14.4 Å². The zero-order valence-electron chi connectivity index (χ0n) is 11.9. The Morgan fingerprint density at radius 1 is 1.05 bits per heavy atom. The monoisotopic (exact) mass is 288 g/mol. The van der Waals surface area contributed by atoms with Crippen LogP contribution in [0.25, 0.3) is 0 Å². The van der Waals surface area contributed by atoms with E-state index in [1.165, 1.54) is 18.5 Å². The van der Waals surface area contributed by atoms with Crippen LogP contribution in [0.1, 0.15) is 0 Å². The molecule has 0 radical (unpaired) electrons. The van der Waals surface area contributed by atoms with Crippen LogP contribution in [0.4, 0.5) is 10.2 Å². The Morgan fingerprint density at radius 2 is 1.76 bits per heavy atom. The molecule has 1 aromatic heterocycles. The summed E-state index contributed by atoms with van der Waals surface area (Å²) in [5.74, 6) is 1.59. The van der Waals surface area contributed by atoms with Gasteiger partial charge in [-0.2, -0.15) is 0 Å². The van der Waals surface area contributed by atoms with E-state index in [9.17, 15) is 4.39 Å². The summed E-state index contributed by atoms with van der Waals surface area (Å²) in [6, 6.07) is 7.68. The highest BCUT2D eigenvalue weighted by Crippen LogP contribution is 2.22. The molecule has 110 valence electrons. The fraction of sp³-hybridized carbons (Fsp3) is 0.333. The number of aromatic nitrogens is 2. The number of halogens is 1. The van der Waals surface area contributed by atoms with Crippen molar-refractivity contribution in [3.8, 4) is 11.6 Å². The molecular formula is C15H17FN4O. The predicted octanol–water partition coefficient (Wildman–Crippen LogP) is 2.16. The molecule has 3 rings (SSSR count). The van der Waals surface area contributed by atoms with Crippen molar-refractivity contribution in [2.24, 2.45) is 0 Å². The lowest BCUT2D eigenvalue weighted by Crippen LogP contribution is -2.44. The highest BCUT2D eigenvalue weighted by Gasteiger charge is 2.16. The third kappa shape index (κ3) is 3.46. The minimum absolute atomic E-state index is 0.289. The number of likely N-dealkylation sites (N-methyl/N-ethyl adjacent to an activating group) is 1. The standard InChI is InChI=1S/C15H17FN4O/c1-19-6-8-20(9-7-19)14-10-15(18-11-17-14)21-13-4-2-12(16)3-5-13/h2-5,10-11H,6-9H2,1H3. The first kappa shape index (κ1) is 13.8. The molecule has 0 atom stereocenters. The molecule has 1 aliphatic heterocycles. The third-order valence-electron chi connectivity index (χ3n) is 3.49. The smallest absolute Gasteiger partial charge is 0.224 e. The van der Waals surface area contributed by atoms with Crippen LogP contribution in [0, 0.1) is 5.82 Å². The molecule has 5 nitrogen and oxygen atoms in total. The first-order valence-electron chi connectivity index (χ1n) is 6.90. The summed E-state index contributed by atoms with van der Waals surface area (Å²) >= 11 is 0. The van der Waals surface area contributed by atoms with Gasteiger partial charge in [0.15, 0.2) is 0 Å². The van der Waals surface area contributed by atoms with E-state index in [-0.39, 0.29) is 5.82 Å². The lowest BCUT2D eigenvalue weighted by Gasteiger charge is -2.33. The average Bonchev–Trinajstić information content (AvgIpc) is 2.51. The van der Waals surface area contributed by atoms with Crippen molar-refractivity contribution in [3.05, 3.63) is 42.5 Å². The van der Waals surface area contributed by atoms with E-state index in [1.54, 1.807) is 12.1 Å². The Hall–Kier alpha value is -2.21. The highest BCUT2D eigenvalue weighted by atomic mass is 19.1. The molecule has 0 saturated carbocycles. The molecule has 0 spiro atoms. The fourth-order valence-electron chi connectivity index (χ4n) is 2.22. The maximum absolute atomic E-state index is 12.9. The second kappa shape index (κ2) is 6.05. The number of nitrogens with zero attached hydrogens (tertiary/aromatic N) is 4. The van der Waals surface area contributed by atoms with E-state index >= 15 is 0 Å². The largest absolute Gasteiger partial charge is 0.439 e. The molecule has 0 bridgehead atoms. The van der Waals surface area contributed by atoms with Gasteiger partial charge in [-0.3, -0.25) is 0 Å². The maximum atomic E-state index is 12.9. The Bertz CT molecular complexity index is 597. The van der Waals surface area contributed by atoms with Gasteiger partial charge in [-0.15, -0.1) is 0 Å². The highest BCUT2D eigenvalue weighted by molar-refractivity contribution is 5.42. The van der Waals surface area contributed by atoms with Gasteiger partial charge in [0.1, 0.15) is 23.7 Å².